The number of anilines is 1. The lowest BCUT2D eigenvalue weighted by atomic mass is 10.3. The van der Waals surface area contributed by atoms with E-state index in [9.17, 15) is 4.79 Å². The molecule has 2 aliphatic rings. The minimum Gasteiger partial charge on any atom is -0.378 e. The summed E-state index contributed by atoms with van der Waals surface area (Å²) in [5, 5.41) is 8.86. The number of amides is 2. The molecular weight excluding hydrogens is 304 g/mol. The molecule has 7 nitrogen and oxygen atoms in total. The number of nitrogens with one attached hydrogen (secondary N) is 1. The van der Waals surface area contributed by atoms with Crippen molar-refractivity contribution in [1.82, 2.24) is 15.0 Å². The average molecular weight is 320 g/mol. The van der Waals surface area contributed by atoms with E-state index in [0.717, 1.165) is 23.5 Å². The summed E-state index contributed by atoms with van der Waals surface area (Å²) >= 11 is 1.48. The summed E-state index contributed by atoms with van der Waals surface area (Å²) in [6.07, 6.45) is 2.26. The van der Waals surface area contributed by atoms with E-state index in [4.69, 9.17) is 9.26 Å². The highest BCUT2D eigenvalue weighted by atomic mass is 32.1. The fourth-order valence-corrected chi connectivity index (χ4v) is 3.14. The maximum atomic E-state index is 12.3. The molecule has 0 unspecified atom stereocenters. The molecule has 0 spiro atoms. The molecule has 1 aliphatic heterocycles. The molecule has 1 saturated heterocycles. The van der Waals surface area contributed by atoms with Gasteiger partial charge < -0.3 is 19.5 Å². The largest absolute Gasteiger partial charge is 0.378 e. The Balaban J connectivity index is 1.50. The smallest absolute Gasteiger partial charge is 0.322 e. The minimum atomic E-state index is -0.120. The number of hydrogen-bond acceptors (Lipinski definition) is 6. The lowest BCUT2D eigenvalue weighted by Crippen LogP contribution is -2.43. The first-order chi connectivity index (χ1) is 10.8. The Morgan fingerprint density at radius 3 is 2.95 bits per heavy atom. The Morgan fingerprint density at radius 1 is 1.36 bits per heavy atom. The molecule has 2 aromatic rings. The van der Waals surface area contributed by atoms with E-state index in [-0.39, 0.29) is 6.03 Å². The van der Waals surface area contributed by atoms with Crippen LogP contribution in [0.15, 0.2) is 16.0 Å². The van der Waals surface area contributed by atoms with Crippen molar-refractivity contribution in [3.63, 3.8) is 0 Å². The highest BCUT2D eigenvalue weighted by molar-refractivity contribution is 7.14. The highest BCUT2D eigenvalue weighted by Gasteiger charge is 2.29. The van der Waals surface area contributed by atoms with Crippen LogP contribution in [-0.2, 0) is 4.74 Å². The fourth-order valence-electron chi connectivity index (χ4n) is 2.37. The molecule has 4 rings (SSSR count). The van der Waals surface area contributed by atoms with Crippen molar-refractivity contribution in [1.29, 1.82) is 0 Å². The number of rotatable bonds is 3. The van der Waals surface area contributed by atoms with Crippen LogP contribution in [0.2, 0.25) is 0 Å². The van der Waals surface area contributed by atoms with E-state index in [0.29, 0.717) is 43.8 Å². The number of aromatic nitrogens is 2. The zero-order valence-corrected chi connectivity index (χ0v) is 12.8. The molecule has 2 fully saturated rings. The van der Waals surface area contributed by atoms with Crippen molar-refractivity contribution in [2.24, 2.45) is 0 Å². The van der Waals surface area contributed by atoms with Crippen LogP contribution in [0.3, 0.4) is 0 Å². The second kappa shape index (κ2) is 5.69. The molecule has 0 aromatic carbocycles. The number of nitrogens with zero attached hydrogens (tertiary/aromatic N) is 3. The first-order valence-electron chi connectivity index (χ1n) is 7.36. The molecule has 0 atom stereocenters. The van der Waals surface area contributed by atoms with Crippen LogP contribution in [0.1, 0.15) is 24.6 Å². The van der Waals surface area contributed by atoms with Gasteiger partial charge in [0, 0.05) is 19.0 Å². The van der Waals surface area contributed by atoms with E-state index < -0.39 is 0 Å². The van der Waals surface area contributed by atoms with Crippen LogP contribution in [0.25, 0.3) is 10.8 Å². The lowest BCUT2D eigenvalue weighted by molar-refractivity contribution is 0.0564. The average Bonchev–Trinajstić information content (AvgIpc) is 3.10. The second-order valence-electron chi connectivity index (χ2n) is 5.42. The SMILES string of the molecule is O=C(Nc1ccsc1-c1nc(C2CC2)no1)N1CCOCC1. The Kier molecular flexibility index (Phi) is 3.55. The first kappa shape index (κ1) is 13.7. The molecule has 3 heterocycles. The Hall–Kier alpha value is -1.93. The summed E-state index contributed by atoms with van der Waals surface area (Å²) in [5.74, 6) is 1.70. The van der Waals surface area contributed by atoms with Crippen molar-refractivity contribution in [3.8, 4) is 10.8 Å². The number of urea groups is 1. The number of thiophene rings is 1. The summed E-state index contributed by atoms with van der Waals surface area (Å²) in [6, 6.07) is 1.74. The highest BCUT2D eigenvalue weighted by Crippen LogP contribution is 2.40. The van der Waals surface area contributed by atoms with Crippen LogP contribution < -0.4 is 5.32 Å². The number of morpholine rings is 1. The van der Waals surface area contributed by atoms with Gasteiger partial charge in [0.25, 0.3) is 5.89 Å². The Labute approximate surface area is 131 Å². The van der Waals surface area contributed by atoms with Crippen molar-refractivity contribution < 1.29 is 14.1 Å². The van der Waals surface area contributed by atoms with E-state index in [2.05, 4.69) is 15.5 Å². The monoisotopic (exact) mass is 320 g/mol. The molecule has 1 N–H and O–H groups in total. The van der Waals surface area contributed by atoms with Gasteiger partial charge in [0.2, 0.25) is 0 Å². The molecule has 22 heavy (non-hydrogen) atoms. The van der Waals surface area contributed by atoms with Crippen molar-refractivity contribution in [2.75, 3.05) is 31.6 Å². The zero-order chi connectivity index (χ0) is 14.9. The summed E-state index contributed by atoms with van der Waals surface area (Å²) in [7, 11) is 0. The predicted molar refractivity (Wildman–Crippen MR) is 81.0 cm³/mol. The van der Waals surface area contributed by atoms with Gasteiger partial charge in [-0.15, -0.1) is 11.3 Å². The Morgan fingerprint density at radius 2 is 2.18 bits per heavy atom. The second-order valence-corrected chi connectivity index (χ2v) is 6.34. The maximum absolute atomic E-state index is 12.3. The predicted octanol–water partition coefficient (Wildman–Crippen LogP) is 2.54. The van der Waals surface area contributed by atoms with Crippen molar-refractivity contribution in [3.05, 3.63) is 17.3 Å². The van der Waals surface area contributed by atoms with Gasteiger partial charge in [-0.1, -0.05) is 5.16 Å². The molecule has 2 amide bonds. The van der Waals surface area contributed by atoms with Gasteiger partial charge >= 0.3 is 6.03 Å². The molecular formula is C14H16N4O3S. The normalized spacial score (nSPS) is 18.5. The third kappa shape index (κ3) is 2.71. The third-order valence-electron chi connectivity index (χ3n) is 3.78. The van der Waals surface area contributed by atoms with Gasteiger partial charge in [-0.05, 0) is 24.3 Å². The van der Waals surface area contributed by atoms with Crippen molar-refractivity contribution in [2.45, 2.75) is 18.8 Å². The number of carbonyl (C=O) groups excluding carboxylic acids is 1. The molecule has 0 radical (unpaired) electrons. The molecule has 0 bridgehead atoms. The van der Waals surface area contributed by atoms with Crippen LogP contribution in [0, 0.1) is 0 Å². The molecule has 1 aliphatic carbocycles. The van der Waals surface area contributed by atoms with Crippen molar-refractivity contribution >= 4 is 23.1 Å². The van der Waals surface area contributed by atoms with Gasteiger partial charge in [-0.25, -0.2) is 4.79 Å². The Bertz CT molecular complexity index is 673. The van der Waals surface area contributed by atoms with Gasteiger partial charge in [0.1, 0.15) is 4.88 Å². The van der Waals surface area contributed by atoms with Crippen LogP contribution >= 0.6 is 11.3 Å². The molecule has 1 saturated carbocycles. The zero-order valence-electron chi connectivity index (χ0n) is 11.9. The number of hydrogen-bond donors (Lipinski definition) is 1. The summed E-state index contributed by atoms with van der Waals surface area (Å²) < 4.78 is 10.6. The first-order valence-corrected chi connectivity index (χ1v) is 8.24. The standard InChI is InChI=1S/C14H16N4O3S/c19-14(18-4-6-20-7-5-18)15-10-3-8-22-11(10)13-16-12(17-21-13)9-1-2-9/h3,8-9H,1-2,4-7H2,(H,15,19). The molecule has 116 valence electrons. The van der Waals surface area contributed by atoms with Gasteiger partial charge in [0.15, 0.2) is 5.82 Å². The fraction of sp³-hybridized carbons (Fsp3) is 0.500. The summed E-state index contributed by atoms with van der Waals surface area (Å²) in [5.41, 5.74) is 0.715. The summed E-state index contributed by atoms with van der Waals surface area (Å²) in [6.45, 7) is 2.38. The van der Waals surface area contributed by atoms with Gasteiger partial charge in [-0.2, -0.15) is 4.98 Å². The number of ether oxygens (including phenoxy) is 1. The van der Waals surface area contributed by atoms with E-state index in [1.807, 2.05) is 11.4 Å². The third-order valence-corrected chi connectivity index (χ3v) is 4.69. The van der Waals surface area contributed by atoms with Crippen LogP contribution in [-0.4, -0.2) is 47.4 Å². The summed E-state index contributed by atoms with van der Waals surface area (Å²) in [4.78, 5) is 19.3. The number of carbonyl (C=O) groups is 1. The van der Waals surface area contributed by atoms with E-state index in [1.165, 1.54) is 11.3 Å². The van der Waals surface area contributed by atoms with Crippen LogP contribution in [0.5, 0.6) is 0 Å². The lowest BCUT2D eigenvalue weighted by Gasteiger charge is -2.26. The van der Waals surface area contributed by atoms with Crippen LogP contribution in [0.4, 0.5) is 10.5 Å². The van der Waals surface area contributed by atoms with E-state index in [1.54, 1.807) is 4.90 Å². The van der Waals surface area contributed by atoms with Gasteiger partial charge in [0.05, 0.1) is 18.9 Å². The molecule has 8 heteroatoms. The van der Waals surface area contributed by atoms with Gasteiger partial charge in [-0.3, -0.25) is 0 Å². The quantitative estimate of drug-likeness (QED) is 0.940. The topological polar surface area (TPSA) is 80.5 Å². The maximum Gasteiger partial charge on any atom is 0.322 e. The molecule has 2 aromatic heterocycles. The van der Waals surface area contributed by atoms with E-state index >= 15 is 0 Å². The minimum absolute atomic E-state index is 0.120.